The molecule has 0 unspecified atom stereocenters. The van der Waals surface area contributed by atoms with Gasteiger partial charge in [-0.1, -0.05) is 17.7 Å². The monoisotopic (exact) mass is 314 g/mol. The Bertz CT molecular complexity index is 483. The Morgan fingerprint density at radius 1 is 1.25 bits per heavy atom. The Labute approximate surface area is 130 Å². The lowest BCUT2D eigenvalue weighted by Gasteiger charge is -2.39. The SMILES string of the molecule is CC(C)(CCl)C(=O)N1CCN(c2cccc(Cl)c2)CC1. The van der Waals surface area contributed by atoms with Crippen LogP contribution in [0.3, 0.4) is 0 Å². The summed E-state index contributed by atoms with van der Waals surface area (Å²) in [6.45, 7) is 6.89. The van der Waals surface area contributed by atoms with Gasteiger partial charge in [-0.25, -0.2) is 0 Å². The molecule has 0 aliphatic carbocycles. The highest BCUT2D eigenvalue weighted by atomic mass is 35.5. The molecule has 1 aliphatic heterocycles. The fourth-order valence-electron chi connectivity index (χ4n) is 2.33. The highest BCUT2D eigenvalue weighted by Crippen LogP contribution is 2.24. The maximum absolute atomic E-state index is 12.4. The summed E-state index contributed by atoms with van der Waals surface area (Å²) >= 11 is 11.9. The van der Waals surface area contributed by atoms with E-state index < -0.39 is 5.41 Å². The average molecular weight is 315 g/mol. The lowest BCUT2D eigenvalue weighted by Crippen LogP contribution is -2.52. The molecular formula is C15H20Cl2N2O. The van der Waals surface area contributed by atoms with Gasteiger partial charge in [-0.05, 0) is 32.0 Å². The standard InChI is InChI=1S/C15H20Cl2N2O/c1-15(2,11-16)14(20)19-8-6-18(7-9-19)13-5-3-4-12(17)10-13/h3-5,10H,6-9,11H2,1-2H3. The van der Waals surface area contributed by atoms with E-state index >= 15 is 0 Å². The Morgan fingerprint density at radius 2 is 1.90 bits per heavy atom. The second-order valence-corrected chi connectivity index (χ2v) is 6.48. The highest BCUT2D eigenvalue weighted by molar-refractivity contribution is 6.30. The van der Waals surface area contributed by atoms with Crippen molar-refractivity contribution in [2.45, 2.75) is 13.8 Å². The van der Waals surface area contributed by atoms with Crippen molar-refractivity contribution in [3.8, 4) is 0 Å². The summed E-state index contributed by atoms with van der Waals surface area (Å²) in [7, 11) is 0. The third kappa shape index (κ3) is 3.39. The van der Waals surface area contributed by atoms with E-state index in [1.807, 2.05) is 43.0 Å². The normalized spacial score (nSPS) is 16.4. The number of carbonyl (C=O) groups is 1. The van der Waals surface area contributed by atoms with Crippen molar-refractivity contribution < 1.29 is 4.79 Å². The van der Waals surface area contributed by atoms with Crippen LogP contribution in [0, 0.1) is 5.41 Å². The molecule has 1 saturated heterocycles. The predicted octanol–water partition coefficient (Wildman–Crippen LogP) is 3.25. The number of nitrogens with zero attached hydrogens (tertiary/aromatic N) is 2. The molecule has 0 spiro atoms. The lowest BCUT2D eigenvalue weighted by atomic mass is 9.94. The van der Waals surface area contributed by atoms with E-state index in [-0.39, 0.29) is 5.91 Å². The molecule has 0 saturated carbocycles. The molecule has 0 bridgehead atoms. The Balaban J connectivity index is 1.98. The van der Waals surface area contributed by atoms with E-state index in [1.54, 1.807) is 0 Å². The quantitative estimate of drug-likeness (QED) is 0.800. The van der Waals surface area contributed by atoms with E-state index in [4.69, 9.17) is 23.2 Å². The summed E-state index contributed by atoms with van der Waals surface area (Å²) in [5.74, 6) is 0.485. The molecule has 110 valence electrons. The van der Waals surface area contributed by atoms with Crippen LogP contribution in [0.15, 0.2) is 24.3 Å². The Hall–Kier alpha value is -0.930. The molecule has 5 heteroatoms. The molecule has 0 aromatic heterocycles. The average Bonchev–Trinajstić information content (AvgIpc) is 2.46. The van der Waals surface area contributed by atoms with E-state index in [0.29, 0.717) is 5.88 Å². The molecule has 1 heterocycles. The van der Waals surface area contributed by atoms with Crippen molar-refractivity contribution in [3.63, 3.8) is 0 Å². The number of benzene rings is 1. The van der Waals surface area contributed by atoms with Gasteiger partial charge in [-0.15, -0.1) is 11.6 Å². The van der Waals surface area contributed by atoms with Crippen molar-refractivity contribution in [2.75, 3.05) is 37.0 Å². The van der Waals surface area contributed by atoms with Crippen LogP contribution in [0.25, 0.3) is 0 Å². The van der Waals surface area contributed by atoms with Crippen molar-refractivity contribution >= 4 is 34.8 Å². The van der Waals surface area contributed by atoms with Crippen LogP contribution in [0.5, 0.6) is 0 Å². The molecule has 1 aliphatic rings. The van der Waals surface area contributed by atoms with Gasteiger partial charge in [0.15, 0.2) is 0 Å². The summed E-state index contributed by atoms with van der Waals surface area (Å²) < 4.78 is 0. The smallest absolute Gasteiger partial charge is 0.229 e. The fourth-order valence-corrected chi connectivity index (χ4v) is 2.62. The molecule has 1 aromatic carbocycles. The maximum Gasteiger partial charge on any atom is 0.229 e. The highest BCUT2D eigenvalue weighted by Gasteiger charge is 2.32. The minimum atomic E-state index is -0.486. The number of amides is 1. The summed E-state index contributed by atoms with van der Waals surface area (Å²) in [6, 6.07) is 7.83. The number of halogens is 2. The molecule has 3 nitrogen and oxygen atoms in total. The van der Waals surface area contributed by atoms with Crippen LogP contribution >= 0.6 is 23.2 Å². The number of hydrogen-bond acceptors (Lipinski definition) is 2. The van der Waals surface area contributed by atoms with Crippen molar-refractivity contribution in [1.82, 2.24) is 4.90 Å². The maximum atomic E-state index is 12.4. The second kappa shape index (κ2) is 6.23. The summed E-state index contributed by atoms with van der Waals surface area (Å²) in [4.78, 5) is 16.5. The van der Waals surface area contributed by atoms with Gasteiger partial charge in [0.05, 0.1) is 5.41 Å². The van der Waals surface area contributed by atoms with Crippen LogP contribution in [0.1, 0.15) is 13.8 Å². The zero-order chi connectivity index (χ0) is 14.8. The topological polar surface area (TPSA) is 23.6 Å². The Kier molecular flexibility index (Phi) is 4.82. The van der Waals surface area contributed by atoms with Gasteiger partial charge >= 0.3 is 0 Å². The molecular weight excluding hydrogens is 295 g/mol. The molecule has 0 radical (unpaired) electrons. The first-order valence-electron chi connectivity index (χ1n) is 6.80. The van der Waals surface area contributed by atoms with Crippen LogP contribution in [-0.2, 0) is 4.79 Å². The van der Waals surface area contributed by atoms with Crippen molar-refractivity contribution in [3.05, 3.63) is 29.3 Å². The molecule has 1 fully saturated rings. The minimum Gasteiger partial charge on any atom is -0.368 e. The van der Waals surface area contributed by atoms with E-state index in [9.17, 15) is 4.79 Å². The number of piperazine rings is 1. The zero-order valence-corrected chi connectivity index (χ0v) is 13.4. The van der Waals surface area contributed by atoms with Crippen LogP contribution < -0.4 is 4.90 Å². The number of alkyl halides is 1. The minimum absolute atomic E-state index is 0.137. The first-order valence-corrected chi connectivity index (χ1v) is 7.71. The molecule has 0 atom stereocenters. The van der Waals surface area contributed by atoms with Crippen molar-refractivity contribution in [2.24, 2.45) is 5.41 Å². The van der Waals surface area contributed by atoms with Gasteiger partial charge in [-0.2, -0.15) is 0 Å². The van der Waals surface area contributed by atoms with Crippen molar-refractivity contribution in [1.29, 1.82) is 0 Å². The summed E-state index contributed by atoms with van der Waals surface area (Å²) in [6.07, 6.45) is 0. The molecule has 0 N–H and O–H groups in total. The number of carbonyl (C=O) groups excluding carboxylic acids is 1. The van der Waals surface area contributed by atoms with Crippen LogP contribution in [-0.4, -0.2) is 42.9 Å². The molecule has 1 amide bonds. The van der Waals surface area contributed by atoms with Gasteiger partial charge < -0.3 is 9.80 Å². The third-order valence-electron chi connectivity index (χ3n) is 3.65. The van der Waals surface area contributed by atoms with E-state index in [2.05, 4.69) is 4.90 Å². The number of hydrogen-bond donors (Lipinski definition) is 0. The number of anilines is 1. The van der Waals surface area contributed by atoms with E-state index in [1.165, 1.54) is 0 Å². The van der Waals surface area contributed by atoms with Gasteiger partial charge in [0.2, 0.25) is 5.91 Å². The molecule has 20 heavy (non-hydrogen) atoms. The van der Waals surface area contributed by atoms with Gasteiger partial charge in [0, 0.05) is 42.8 Å². The Morgan fingerprint density at radius 3 is 2.45 bits per heavy atom. The largest absolute Gasteiger partial charge is 0.368 e. The lowest BCUT2D eigenvalue weighted by molar-refractivity contribution is -0.139. The van der Waals surface area contributed by atoms with Crippen LogP contribution in [0.2, 0.25) is 5.02 Å². The second-order valence-electron chi connectivity index (χ2n) is 5.78. The summed E-state index contributed by atoms with van der Waals surface area (Å²) in [5.41, 5.74) is 0.626. The number of rotatable bonds is 3. The molecule has 1 aromatic rings. The first-order chi connectivity index (χ1) is 9.44. The third-order valence-corrected chi connectivity index (χ3v) is 4.56. The first kappa shape index (κ1) is 15.5. The zero-order valence-electron chi connectivity index (χ0n) is 11.9. The van der Waals surface area contributed by atoms with Gasteiger partial charge in [-0.3, -0.25) is 4.79 Å². The van der Waals surface area contributed by atoms with Gasteiger partial charge in [0.25, 0.3) is 0 Å². The predicted molar refractivity (Wildman–Crippen MR) is 84.7 cm³/mol. The summed E-state index contributed by atoms with van der Waals surface area (Å²) in [5, 5.41) is 0.740. The molecule has 2 rings (SSSR count). The van der Waals surface area contributed by atoms with E-state index in [0.717, 1.165) is 36.9 Å². The van der Waals surface area contributed by atoms with Gasteiger partial charge in [0.1, 0.15) is 0 Å². The fraction of sp³-hybridized carbons (Fsp3) is 0.533. The van der Waals surface area contributed by atoms with Crippen LogP contribution in [0.4, 0.5) is 5.69 Å².